The highest BCUT2D eigenvalue weighted by Crippen LogP contribution is 2.42. The fourth-order valence-corrected chi connectivity index (χ4v) is 1.97. The van der Waals surface area contributed by atoms with E-state index in [1.165, 1.54) is 25.0 Å². The number of aryl methyl sites for hydroxylation is 1. The maximum atomic E-state index is 13.8. The van der Waals surface area contributed by atoms with Gasteiger partial charge in [-0.25, -0.2) is 4.39 Å². The van der Waals surface area contributed by atoms with E-state index in [0.717, 1.165) is 0 Å². The van der Waals surface area contributed by atoms with Crippen LogP contribution in [0.25, 0.3) is 11.3 Å². The number of anilines is 1. The Kier molecular flexibility index (Phi) is 3.53. The highest BCUT2D eigenvalue weighted by Gasteiger charge is 2.21. The zero-order valence-corrected chi connectivity index (χ0v) is 11.5. The molecule has 1 heterocycles. The first-order valence-electron chi connectivity index (χ1n) is 5.39. The van der Waals surface area contributed by atoms with Crippen molar-refractivity contribution in [2.75, 3.05) is 20.0 Å². The molecule has 0 aliphatic rings. The predicted molar refractivity (Wildman–Crippen MR) is 71.1 cm³/mol. The van der Waals surface area contributed by atoms with E-state index in [2.05, 4.69) is 5.10 Å². The van der Waals surface area contributed by atoms with E-state index >= 15 is 0 Å². The second-order valence-corrected chi connectivity index (χ2v) is 4.27. The van der Waals surface area contributed by atoms with Crippen molar-refractivity contribution in [1.82, 2.24) is 9.78 Å². The molecule has 0 aliphatic heterocycles. The molecule has 0 saturated heterocycles. The smallest absolute Gasteiger partial charge is 0.199 e. The minimum atomic E-state index is -0.673. The van der Waals surface area contributed by atoms with Crippen molar-refractivity contribution in [3.8, 4) is 22.8 Å². The molecule has 0 aliphatic carbocycles. The molecule has 0 fully saturated rings. The second-order valence-electron chi connectivity index (χ2n) is 3.86. The van der Waals surface area contributed by atoms with E-state index in [9.17, 15) is 4.39 Å². The monoisotopic (exact) mass is 285 g/mol. The van der Waals surface area contributed by atoms with Gasteiger partial charge in [-0.1, -0.05) is 11.6 Å². The molecule has 0 amide bonds. The molecule has 5 nitrogen and oxygen atoms in total. The van der Waals surface area contributed by atoms with Gasteiger partial charge in [0.2, 0.25) is 0 Å². The summed E-state index contributed by atoms with van der Waals surface area (Å²) in [5, 5.41) is 4.14. The number of methoxy groups -OCH3 is 2. The van der Waals surface area contributed by atoms with Crippen LogP contribution in [-0.4, -0.2) is 24.0 Å². The molecule has 2 rings (SSSR count). The molecule has 2 aromatic rings. The molecule has 7 heteroatoms. The average molecular weight is 286 g/mol. The van der Waals surface area contributed by atoms with Gasteiger partial charge in [0, 0.05) is 18.7 Å². The summed E-state index contributed by atoms with van der Waals surface area (Å²) in [5.41, 5.74) is 6.77. The number of benzene rings is 1. The topological polar surface area (TPSA) is 62.3 Å². The van der Waals surface area contributed by atoms with E-state index < -0.39 is 5.82 Å². The third-order valence-corrected chi connectivity index (χ3v) is 3.01. The molecule has 1 aromatic carbocycles. The molecule has 1 aromatic heterocycles. The Morgan fingerprint density at radius 3 is 2.37 bits per heavy atom. The van der Waals surface area contributed by atoms with Crippen LogP contribution in [0.2, 0.25) is 5.02 Å². The molecule has 19 heavy (non-hydrogen) atoms. The molecule has 0 radical (unpaired) electrons. The fourth-order valence-electron chi connectivity index (χ4n) is 1.77. The quantitative estimate of drug-likeness (QED) is 0.941. The molecule has 0 bridgehead atoms. The summed E-state index contributed by atoms with van der Waals surface area (Å²) in [7, 11) is 4.46. The van der Waals surface area contributed by atoms with Crippen molar-refractivity contribution in [3.63, 3.8) is 0 Å². The van der Waals surface area contributed by atoms with Crippen molar-refractivity contribution in [1.29, 1.82) is 0 Å². The van der Waals surface area contributed by atoms with Gasteiger partial charge in [0.05, 0.1) is 24.9 Å². The van der Waals surface area contributed by atoms with Crippen molar-refractivity contribution in [2.45, 2.75) is 0 Å². The lowest BCUT2D eigenvalue weighted by molar-refractivity contribution is 0.338. The average Bonchev–Trinajstić information content (AvgIpc) is 2.72. The van der Waals surface area contributed by atoms with Gasteiger partial charge in [0.15, 0.2) is 17.3 Å². The van der Waals surface area contributed by atoms with Crippen LogP contribution in [0.5, 0.6) is 11.5 Å². The van der Waals surface area contributed by atoms with Gasteiger partial charge < -0.3 is 15.2 Å². The molecule has 0 atom stereocenters. The third kappa shape index (κ3) is 2.19. The SMILES string of the molecule is COc1c(-c2cc(N)n(C)n2)cc(Cl)c(F)c1OC. The van der Waals surface area contributed by atoms with Crippen molar-refractivity contribution in [2.24, 2.45) is 7.05 Å². The van der Waals surface area contributed by atoms with Gasteiger partial charge in [-0.3, -0.25) is 4.68 Å². The first-order chi connectivity index (χ1) is 8.99. The van der Waals surface area contributed by atoms with Gasteiger partial charge in [-0.05, 0) is 6.07 Å². The minimum absolute atomic E-state index is 0.0609. The summed E-state index contributed by atoms with van der Waals surface area (Å²) in [5.74, 6) is -0.0399. The molecule has 0 saturated carbocycles. The van der Waals surface area contributed by atoms with Crippen LogP contribution in [0.15, 0.2) is 12.1 Å². The van der Waals surface area contributed by atoms with Crippen LogP contribution in [-0.2, 0) is 7.05 Å². The molecule has 2 N–H and O–H groups in total. The van der Waals surface area contributed by atoms with Crippen molar-refractivity contribution < 1.29 is 13.9 Å². The zero-order valence-electron chi connectivity index (χ0n) is 10.7. The number of rotatable bonds is 3. The van der Waals surface area contributed by atoms with E-state index in [-0.39, 0.29) is 16.5 Å². The molecular weight excluding hydrogens is 273 g/mol. The Morgan fingerprint density at radius 2 is 1.89 bits per heavy atom. The zero-order chi connectivity index (χ0) is 14.2. The van der Waals surface area contributed by atoms with Gasteiger partial charge in [-0.15, -0.1) is 0 Å². The number of nitrogens with two attached hydrogens (primary N) is 1. The third-order valence-electron chi connectivity index (χ3n) is 2.73. The lowest BCUT2D eigenvalue weighted by atomic mass is 10.1. The molecular formula is C12H13ClFN3O2. The van der Waals surface area contributed by atoms with Crippen LogP contribution in [0.4, 0.5) is 10.2 Å². The predicted octanol–water partition coefficient (Wildman–Crippen LogP) is 2.48. The fraction of sp³-hybridized carbons (Fsp3) is 0.250. The van der Waals surface area contributed by atoms with Crippen LogP contribution in [0.3, 0.4) is 0 Å². The Labute approximate surface area is 114 Å². The first-order valence-corrected chi connectivity index (χ1v) is 5.77. The summed E-state index contributed by atoms with van der Waals surface area (Å²) >= 11 is 5.85. The number of hydrogen-bond acceptors (Lipinski definition) is 4. The maximum absolute atomic E-state index is 13.8. The van der Waals surface area contributed by atoms with Crippen molar-refractivity contribution >= 4 is 17.4 Å². The lowest BCUT2D eigenvalue weighted by Gasteiger charge is -2.13. The van der Waals surface area contributed by atoms with Crippen LogP contribution < -0.4 is 15.2 Å². The van der Waals surface area contributed by atoms with Crippen LogP contribution >= 0.6 is 11.6 Å². The normalized spacial score (nSPS) is 10.6. The Morgan fingerprint density at radius 1 is 1.26 bits per heavy atom. The number of nitrogens with zero attached hydrogens (tertiary/aromatic N) is 2. The van der Waals surface area contributed by atoms with Gasteiger partial charge >= 0.3 is 0 Å². The Balaban J connectivity index is 2.72. The number of halogens is 2. The standard InChI is InChI=1S/C12H13ClFN3O2/c1-17-9(15)5-8(16-17)6-4-7(13)10(14)12(19-3)11(6)18-2/h4-5H,15H2,1-3H3. The summed E-state index contributed by atoms with van der Waals surface area (Å²) < 4.78 is 25.5. The highest BCUT2D eigenvalue weighted by atomic mass is 35.5. The lowest BCUT2D eigenvalue weighted by Crippen LogP contribution is -1.98. The maximum Gasteiger partial charge on any atom is 0.199 e. The largest absolute Gasteiger partial charge is 0.492 e. The van der Waals surface area contributed by atoms with Gasteiger partial charge in [0.1, 0.15) is 5.82 Å². The number of aromatic nitrogens is 2. The van der Waals surface area contributed by atoms with Gasteiger partial charge in [-0.2, -0.15) is 5.10 Å². The molecule has 102 valence electrons. The molecule has 0 spiro atoms. The van der Waals surface area contributed by atoms with E-state index in [0.29, 0.717) is 17.1 Å². The Hall–Kier alpha value is -1.95. The summed E-state index contributed by atoms with van der Waals surface area (Å²) in [4.78, 5) is 0. The highest BCUT2D eigenvalue weighted by molar-refractivity contribution is 6.31. The van der Waals surface area contributed by atoms with Crippen LogP contribution in [0.1, 0.15) is 0 Å². The summed E-state index contributed by atoms with van der Waals surface area (Å²) in [6.45, 7) is 0. The van der Waals surface area contributed by atoms with Gasteiger partial charge in [0.25, 0.3) is 0 Å². The number of ether oxygens (including phenoxy) is 2. The van der Waals surface area contributed by atoms with Crippen LogP contribution in [0, 0.1) is 5.82 Å². The van der Waals surface area contributed by atoms with E-state index in [1.54, 1.807) is 13.1 Å². The van der Waals surface area contributed by atoms with Crippen molar-refractivity contribution in [3.05, 3.63) is 23.0 Å². The minimum Gasteiger partial charge on any atom is -0.492 e. The molecule has 0 unspecified atom stereocenters. The summed E-state index contributed by atoms with van der Waals surface area (Å²) in [6, 6.07) is 3.07. The Bertz CT molecular complexity index is 608. The number of nitrogen functional groups attached to an aromatic ring is 1. The number of hydrogen-bond donors (Lipinski definition) is 1. The summed E-state index contributed by atoms with van der Waals surface area (Å²) in [6.07, 6.45) is 0. The van der Waals surface area contributed by atoms with E-state index in [1.807, 2.05) is 0 Å². The second kappa shape index (κ2) is 4.97. The first kappa shape index (κ1) is 13.5. The van der Waals surface area contributed by atoms with E-state index in [4.69, 9.17) is 26.8 Å².